The molecule has 1 aromatic heterocycles. The molecule has 0 radical (unpaired) electrons. The fourth-order valence-corrected chi connectivity index (χ4v) is 1.91. The van der Waals surface area contributed by atoms with Crippen LogP contribution >= 0.6 is 0 Å². The lowest BCUT2D eigenvalue weighted by atomic mass is 10.1. The zero-order chi connectivity index (χ0) is 12.8. The summed E-state index contributed by atoms with van der Waals surface area (Å²) in [6, 6.07) is 6.14. The summed E-state index contributed by atoms with van der Waals surface area (Å²) >= 11 is 0. The molecule has 1 amide bonds. The van der Waals surface area contributed by atoms with Gasteiger partial charge in [0.15, 0.2) is 0 Å². The molecule has 0 bridgehead atoms. The van der Waals surface area contributed by atoms with Gasteiger partial charge in [0.1, 0.15) is 0 Å². The summed E-state index contributed by atoms with van der Waals surface area (Å²) in [7, 11) is 0. The summed E-state index contributed by atoms with van der Waals surface area (Å²) in [6.45, 7) is 2.79. The van der Waals surface area contributed by atoms with E-state index in [0.29, 0.717) is 13.0 Å². The zero-order valence-corrected chi connectivity index (χ0v) is 10.7. The minimum absolute atomic E-state index is 0.152. The quantitative estimate of drug-likeness (QED) is 0.821. The number of imidazole rings is 1. The molecule has 4 nitrogen and oxygen atoms in total. The Morgan fingerprint density at radius 2 is 2.33 bits per heavy atom. The van der Waals surface area contributed by atoms with E-state index in [9.17, 15) is 4.79 Å². The Morgan fingerprint density at radius 3 is 3.17 bits per heavy atom. The molecule has 2 rings (SSSR count). The lowest BCUT2D eigenvalue weighted by molar-refractivity contribution is -0.121. The molecule has 2 N–H and O–H groups in total. The van der Waals surface area contributed by atoms with Crippen molar-refractivity contribution in [2.45, 2.75) is 32.6 Å². The molecule has 1 heterocycles. The van der Waals surface area contributed by atoms with Crippen LogP contribution in [-0.2, 0) is 11.2 Å². The normalized spacial score (nSPS) is 10.7. The highest BCUT2D eigenvalue weighted by Gasteiger charge is 2.01. The standard InChI is InChI=1S/C14H19N3O/c1-2-3-4-14(18)15-8-7-11-5-6-12-13(9-11)17-10-16-12/h5-6,9-10H,2-4,7-8H2,1H3,(H,15,18)(H,16,17). The van der Waals surface area contributed by atoms with Gasteiger partial charge in [0.25, 0.3) is 0 Å². The maximum Gasteiger partial charge on any atom is 0.220 e. The fourth-order valence-electron chi connectivity index (χ4n) is 1.91. The van der Waals surface area contributed by atoms with Gasteiger partial charge in [-0.2, -0.15) is 0 Å². The van der Waals surface area contributed by atoms with E-state index in [0.717, 1.165) is 30.3 Å². The number of fused-ring (bicyclic) bond motifs is 1. The molecule has 0 unspecified atom stereocenters. The summed E-state index contributed by atoms with van der Waals surface area (Å²) in [5, 5.41) is 2.94. The predicted molar refractivity (Wildman–Crippen MR) is 72.3 cm³/mol. The molecule has 0 saturated heterocycles. The van der Waals surface area contributed by atoms with Gasteiger partial charge in [-0.25, -0.2) is 4.98 Å². The van der Waals surface area contributed by atoms with Crippen LogP contribution < -0.4 is 5.32 Å². The average Bonchev–Trinajstić information content (AvgIpc) is 2.83. The van der Waals surface area contributed by atoms with Crippen molar-refractivity contribution in [1.82, 2.24) is 15.3 Å². The highest BCUT2D eigenvalue weighted by molar-refractivity contribution is 5.76. The van der Waals surface area contributed by atoms with Crippen molar-refractivity contribution in [1.29, 1.82) is 0 Å². The summed E-state index contributed by atoms with van der Waals surface area (Å²) in [6.07, 6.45) is 5.21. The van der Waals surface area contributed by atoms with Crippen LogP contribution in [0.3, 0.4) is 0 Å². The molecular weight excluding hydrogens is 226 g/mol. The van der Waals surface area contributed by atoms with E-state index in [1.807, 2.05) is 6.07 Å². The van der Waals surface area contributed by atoms with Crippen LogP contribution in [0, 0.1) is 0 Å². The third-order valence-corrected chi connectivity index (χ3v) is 2.98. The first-order valence-corrected chi connectivity index (χ1v) is 6.48. The van der Waals surface area contributed by atoms with Crippen LogP contribution in [0.4, 0.5) is 0 Å². The molecule has 0 aliphatic heterocycles. The number of benzene rings is 1. The van der Waals surface area contributed by atoms with Crippen molar-refractivity contribution >= 4 is 16.9 Å². The number of nitrogens with zero attached hydrogens (tertiary/aromatic N) is 1. The lowest BCUT2D eigenvalue weighted by Crippen LogP contribution is -2.25. The second-order valence-corrected chi connectivity index (χ2v) is 4.46. The molecule has 0 atom stereocenters. The van der Waals surface area contributed by atoms with Crippen molar-refractivity contribution in [2.24, 2.45) is 0 Å². The second-order valence-electron chi connectivity index (χ2n) is 4.46. The number of carbonyl (C=O) groups is 1. The molecule has 0 aliphatic rings. The fraction of sp³-hybridized carbons (Fsp3) is 0.429. The summed E-state index contributed by atoms with van der Waals surface area (Å²) in [5.74, 6) is 0.152. The smallest absolute Gasteiger partial charge is 0.220 e. The number of hydrogen-bond acceptors (Lipinski definition) is 2. The minimum atomic E-state index is 0.152. The SMILES string of the molecule is CCCCC(=O)NCCc1ccc2nc[nH]c2c1. The first-order valence-electron chi connectivity index (χ1n) is 6.48. The number of nitrogens with one attached hydrogen (secondary N) is 2. The topological polar surface area (TPSA) is 57.8 Å². The van der Waals surface area contributed by atoms with Crippen LogP contribution in [0.1, 0.15) is 31.7 Å². The number of hydrogen-bond donors (Lipinski definition) is 2. The van der Waals surface area contributed by atoms with Gasteiger partial charge in [-0.3, -0.25) is 4.79 Å². The van der Waals surface area contributed by atoms with Crippen molar-refractivity contribution in [2.75, 3.05) is 6.54 Å². The Morgan fingerprint density at radius 1 is 1.44 bits per heavy atom. The van der Waals surface area contributed by atoms with Gasteiger partial charge < -0.3 is 10.3 Å². The Kier molecular flexibility index (Phi) is 4.34. The van der Waals surface area contributed by atoms with Crippen LogP contribution in [0.2, 0.25) is 0 Å². The van der Waals surface area contributed by atoms with Crippen LogP contribution in [0.25, 0.3) is 11.0 Å². The Labute approximate surface area is 107 Å². The summed E-state index contributed by atoms with van der Waals surface area (Å²) in [5.41, 5.74) is 3.23. The van der Waals surface area contributed by atoms with Gasteiger partial charge in [-0.05, 0) is 30.5 Å². The number of amides is 1. The predicted octanol–water partition coefficient (Wildman–Crippen LogP) is 2.41. The van der Waals surface area contributed by atoms with Crippen LogP contribution in [-0.4, -0.2) is 22.4 Å². The number of aromatic amines is 1. The number of H-pyrrole nitrogens is 1. The van der Waals surface area contributed by atoms with E-state index < -0.39 is 0 Å². The number of rotatable bonds is 6. The van der Waals surface area contributed by atoms with Crippen molar-refractivity contribution in [3.05, 3.63) is 30.1 Å². The summed E-state index contributed by atoms with van der Waals surface area (Å²) < 4.78 is 0. The largest absolute Gasteiger partial charge is 0.356 e. The van der Waals surface area contributed by atoms with Crippen LogP contribution in [0.15, 0.2) is 24.5 Å². The van der Waals surface area contributed by atoms with Gasteiger partial charge >= 0.3 is 0 Å². The molecule has 0 fully saturated rings. The van der Waals surface area contributed by atoms with Crippen molar-refractivity contribution in [3.63, 3.8) is 0 Å². The Balaban J connectivity index is 1.81. The Bertz CT molecular complexity index is 518. The lowest BCUT2D eigenvalue weighted by Gasteiger charge is -2.05. The zero-order valence-electron chi connectivity index (χ0n) is 10.7. The molecule has 0 saturated carbocycles. The van der Waals surface area contributed by atoms with Crippen LogP contribution in [0.5, 0.6) is 0 Å². The van der Waals surface area contributed by atoms with Crippen molar-refractivity contribution in [3.8, 4) is 0 Å². The number of aromatic nitrogens is 2. The van der Waals surface area contributed by atoms with Gasteiger partial charge in [-0.15, -0.1) is 0 Å². The average molecular weight is 245 g/mol. The molecule has 0 aliphatic carbocycles. The van der Waals surface area contributed by atoms with Crippen molar-refractivity contribution < 1.29 is 4.79 Å². The maximum absolute atomic E-state index is 11.4. The molecule has 18 heavy (non-hydrogen) atoms. The molecule has 0 spiro atoms. The van der Waals surface area contributed by atoms with E-state index in [4.69, 9.17) is 0 Å². The second kappa shape index (κ2) is 6.19. The third kappa shape index (κ3) is 3.32. The molecule has 96 valence electrons. The van der Waals surface area contributed by atoms with E-state index in [-0.39, 0.29) is 5.91 Å². The molecule has 2 aromatic rings. The van der Waals surface area contributed by atoms with E-state index >= 15 is 0 Å². The third-order valence-electron chi connectivity index (χ3n) is 2.98. The first kappa shape index (κ1) is 12.6. The highest BCUT2D eigenvalue weighted by Crippen LogP contribution is 2.11. The van der Waals surface area contributed by atoms with E-state index in [2.05, 4.69) is 34.3 Å². The Hall–Kier alpha value is -1.84. The molecule has 4 heteroatoms. The monoisotopic (exact) mass is 245 g/mol. The van der Waals surface area contributed by atoms with E-state index in [1.165, 1.54) is 5.56 Å². The van der Waals surface area contributed by atoms with Gasteiger partial charge in [0, 0.05) is 13.0 Å². The molecule has 1 aromatic carbocycles. The molecular formula is C14H19N3O. The van der Waals surface area contributed by atoms with Gasteiger partial charge in [0.05, 0.1) is 17.4 Å². The van der Waals surface area contributed by atoms with Gasteiger partial charge in [0.2, 0.25) is 5.91 Å². The first-order chi connectivity index (χ1) is 8.79. The minimum Gasteiger partial charge on any atom is -0.356 e. The maximum atomic E-state index is 11.4. The highest BCUT2D eigenvalue weighted by atomic mass is 16.1. The van der Waals surface area contributed by atoms with Gasteiger partial charge in [-0.1, -0.05) is 19.4 Å². The number of carbonyl (C=O) groups excluding carboxylic acids is 1. The number of unbranched alkanes of at least 4 members (excludes halogenated alkanes) is 1. The summed E-state index contributed by atoms with van der Waals surface area (Å²) in [4.78, 5) is 18.7. The van der Waals surface area contributed by atoms with E-state index in [1.54, 1.807) is 6.33 Å².